The molecule has 2 heterocycles. The SMILES string of the molecule is CCOC(=O)C1CC(C)=NN1c1ncccc1Cl. The van der Waals surface area contributed by atoms with E-state index in [9.17, 15) is 4.79 Å². The zero-order valence-corrected chi connectivity index (χ0v) is 11.0. The Labute approximate surface area is 110 Å². The average molecular weight is 268 g/mol. The van der Waals surface area contributed by atoms with E-state index in [0.29, 0.717) is 23.9 Å². The minimum Gasteiger partial charge on any atom is -0.464 e. The summed E-state index contributed by atoms with van der Waals surface area (Å²) >= 11 is 6.07. The van der Waals surface area contributed by atoms with Crippen molar-refractivity contribution in [3.05, 3.63) is 23.4 Å². The molecule has 1 aromatic heterocycles. The minimum absolute atomic E-state index is 0.306. The zero-order valence-electron chi connectivity index (χ0n) is 10.3. The van der Waals surface area contributed by atoms with E-state index in [1.165, 1.54) is 5.01 Å². The van der Waals surface area contributed by atoms with Crippen LogP contribution < -0.4 is 5.01 Å². The Kier molecular flexibility index (Phi) is 3.81. The standard InChI is InChI=1S/C12H14ClN3O2/c1-3-18-12(17)10-7-8(2)15-16(10)11-9(13)5-4-6-14-11/h4-6,10H,3,7H2,1-2H3. The molecule has 1 aliphatic heterocycles. The van der Waals surface area contributed by atoms with Crippen molar-refractivity contribution in [3.8, 4) is 0 Å². The summed E-state index contributed by atoms with van der Waals surface area (Å²) in [6.45, 7) is 3.99. The summed E-state index contributed by atoms with van der Waals surface area (Å²) in [6, 6.07) is 2.98. The van der Waals surface area contributed by atoms with Gasteiger partial charge in [-0.25, -0.2) is 14.8 Å². The fourth-order valence-corrected chi connectivity index (χ4v) is 2.03. The summed E-state index contributed by atoms with van der Waals surface area (Å²) in [7, 11) is 0. The van der Waals surface area contributed by atoms with Crippen LogP contribution in [-0.4, -0.2) is 29.3 Å². The van der Waals surface area contributed by atoms with Gasteiger partial charge in [0, 0.05) is 18.3 Å². The third-order valence-electron chi connectivity index (χ3n) is 2.58. The molecule has 0 aromatic carbocycles. The van der Waals surface area contributed by atoms with Gasteiger partial charge in [-0.2, -0.15) is 5.10 Å². The van der Waals surface area contributed by atoms with Crippen LogP contribution in [0.5, 0.6) is 0 Å². The maximum Gasteiger partial charge on any atom is 0.331 e. The second-order valence-electron chi connectivity index (χ2n) is 3.96. The van der Waals surface area contributed by atoms with Crippen LogP contribution in [0, 0.1) is 0 Å². The quantitative estimate of drug-likeness (QED) is 0.788. The van der Waals surface area contributed by atoms with Gasteiger partial charge >= 0.3 is 5.97 Å². The highest BCUT2D eigenvalue weighted by Gasteiger charge is 2.34. The molecular formula is C12H14ClN3O2. The number of halogens is 1. The molecule has 0 aliphatic carbocycles. The Morgan fingerprint density at radius 2 is 2.44 bits per heavy atom. The monoisotopic (exact) mass is 267 g/mol. The van der Waals surface area contributed by atoms with Crippen molar-refractivity contribution >= 4 is 29.1 Å². The molecular weight excluding hydrogens is 254 g/mol. The summed E-state index contributed by atoms with van der Waals surface area (Å²) in [5.41, 5.74) is 0.856. The summed E-state index contributed by atoms with van der Waals surface area (Å²) in [5.74, 6) is 0.175. The molecule has 0 amide bonds. The lowest BCUT2D eigenvalue weighted by Gasteiger charge is -2.21. The Morgan fingerprint density at radius 1 is 1.67 bits per heavy atom. The molecule has 0 saturated heterocycles. The van der Waals surface area contributed by atoms with Crippen molar-refractivity contribution < 1.29 is 9.53 Å². The van der Waals surface area contributed by atoms with Crippen molar-refractivity contribution in [2.24, 2.45) is 5.10 Å². The van der Waals surface area contributed by atoms with Crippen LogP contribution in [0.25, 0.3) is 0 Å². The van der Waals surface area contributed by atoms with E-state index < -0.39 is 6.04 Å². The predicted molar refractivity (Wildman–Crippen MR) is 69.9 cm³/mol. The van der Waals surface area contributed by atoms with E-state index in [1.807, 2.05) is 6.92 Å². The number of hydrogen-bond donors (Lipinski definition) is 0. The summed E-state index contributed by atoms with van der Waals surface area (Å²) in [4.78, 5) is 16.0. The van der Waals surface area contributed by atoms with Gasteiger partial charge in [-0.15, -0.1) is 0 Å². The number of hydrazone groups is 1. The predicted octanol–water partition coefficient (Wildman–Crippen LogP) is 2.25. The van der Waals surface area contributed by atoms with Crippen LogP contribution in [0.4, 0.5) is 5.82 Å². The molecule has 96 valence electrons. The number of nitrogens with zero attached hydrogens (tertiary/aromatic N) is 3. The maximum atomic E-state index is 11.9. The third kappa shape index (κ3) is 2.46. The molecule has 0 bridgehead atoms. The van der Waals surface area contributed by atoms with E-state index in [4.69, 9.17) is 16.3 Å². The first-order valence-corrected chi connectivity index (χ1v) is 6.11. The molecule has 0 fully saturated rings. The Morgan fingerprint density at radius 3 is 3.11 bits per heavy atom. The normalized spacial score (nSPS) is 18.7. The largest absolute Gasteiger partial charge is 0.464 e. The molecule has 2 rings (SSSR count). The fraction of sp³-hybridized carbons (Fsp3) is 0.417. The molecule has 6 heteroatoms. The number of aromatic nitrogens is 1. The van der Waals surface area contributed by atoms with Crippen molar-refractivity contribution in [1.29, 1.82) is 0 Å². The van der Waals surface area contributed by atoms with Crippen LogP contribution in [0.3, 0.4) is 0 Å². The highest BCUT2D eigenvalue weighted by Crippen LogP contribution is 2.29. The Bertz CT molecular complexity index is 490. The molecule has 1 unspecified atom stereocenters. The van der Waals surface area contributed by atoms with E-state index in [0.717, 1.165) is 5.71 Å². The topological polar surface area (TPSA) is 54.8 Å². The van der Waals surface area contributed by atoms with Gasteiger partial charge in [-0.05, 0) is 26.0 Å². The summed E-state index contributed by atoms with van der Waals surface area (Å²) in [5, 5.41) is 6.31. The van der Waals surface area contributed by atoms with Crippen LogP contribution in [0.1, 0.15) is 20.3 Å². The molecule has 18 heavy (non-hydrogen) atoms. The van der Waals surface area contributed by atoms with E-state index in [1.54, 1.807) is 25.3 Å². The lowest BCUT2D eigenvalue weighted by Crippen LogP contribution is -2.36. The van der Waals surface area contributed by atoms with E-state index in [2.05, 4.69) is 10.1 Å². The van der Waals surface area contributed by atoms with E-state index >= 15 is 0 Å². The number of esters is 1. The van der Waals surface area contributed by atoms with Crippen LogP contribution in [0.15, 0.2) is 23.4 Å². The molecule has 1 aromatic rings. The van der Waals surface area contributed by atoms with Gasteiger partial charge in [0.1, 0.15) is 0 Å². The van der Waals surface area contributed by atoms with Gasteiger partial charge in [0.15, 0.2) is 11.9 Å². The number of carbonyl (C=O) groups is 1. The van der Waals surface area contributed by atoms with Crippen LogP contribution in [-0.2, 0) is 9.53 Å². The smallest absolute Gasteiger partial charge is 0.331 e. The van der Waals surface area contributed by atoms with Crippen LogP contribution in [0.2, 0.25) is 5.02 Å². The van der Waals surface area contributed by atoms with E-state index in [-0.39, 0.29) is 5.97 Å². The van der Waals surface area contributed by atoms with Gasteiger partial charge < -0.3 is 4.74 Å². The first kappa shape index (κ1) is 12.8. The first-order chi connectivity index (χ1) is 8.63. The number of hydrogen-bond acceptors (Lipinski definition) is 5. The molecule has 0 saturated carbocycles. The highest BCUT2D eigenvalue weighted by atomic mass is 35.5. The number of carbonyl (C=O) groups excluding carboxylic acids is 1. The summed E-state index contributed by atoms with van der Waals surface area (Å²) in [6.07, 6.45) is 2.15. The third-order valence-corrected chi connectivity index (χ3v) is 2.87. The lowest BCUT2D eigenvalue weighted by atomic mass is 10.1. The molecule has 1 aliphatic rings. The second-order valence-corrected chi connectivity index (χ2v) is 4.37. The molecule has 0 radical (unpaired) electrons. The van der Waals surface area contributed by atoms with Gasteiger partial charge in [-0.1, -0.05) is 11.6 Å². The number of anilines is 1. The van der Waals surface area contributed by atoms with Gasteiger partial charge in [0.05, 0.1) is 11.6 Å². The molecule has 5 nitrogen and oxygen atoms in total. The molecule has 0 spiro atoms. The van der Waals surface area contributed by atoms with Crippen molar-refractivity contribution in [3.63, 3.8) is 0 Å². The highest BCUT2D eigenvalue weighted by molar-refractivity contribution is 6.33. The Hall–Kier alpha value is -1.62. The van der Waals surface area contributed by atoms with Gasteiger partial charge in [0.25, 0.3) is 0 Å². The van der Waals surface area contributed by atoms with Gasteiger partial charge in [0.2, 0.25) is 0 Å². The van der Waals surface area contributed by atoms with Crippen molar-refractivity contribution in [2.45, 2.75) is 26.3 Å². The minimum atomic E-state index is -0.475. The lowest BCUT2D eigenvalue weighted by molar-refractivity contribution is -0.144. The van der Waals surface area contributed by atoms with Gasteiger partial charge in [-0.3, -0.25) is 0 Å². The fourth-order valence-electron chi connectivity index (χ4n) is 1.82. The zero-order chi connectivity index (χ0) is 13.1. The first-order valence-electron chi connectivity index (χ1n) is 5.74. The van der Waals surface area contributed by atoms with Crippen LogP contribution >= 0.6 is 11.6 Å². The number of pyridine rings is 1. The molecule has 0 N–H and O–H groups in total. The average Bonchev–Trinajstić information content (AvgIpc) is 2.72. The summed E-state index contributed by atoms with van der Waals surface area (Å²) < 4.78 is 5.04. The van der Waals surface area contributed by atoms with Crippen molar-refractivity contribution in [2.75, 3.05) is 11.6 Å². The maximum absolute atomic E-state index is 11.9. The Balaban J connectivity index is 2.29. The number of ether oxygens (including phenoxy) is 1. The number of rotatable bonds is 3. The van der Waals surface area contributed by atoms with Crippen molar-refractivity contribution in [1.82, 2.24) is 4.98 Å². The molecule has 1 atom stereocenters. The second kappa shape index (κ2) is 5.35.